The first-order valence-electron chi connectivity index (χ1n) is 6.31. The molecule has 0 aliphatic carbocycles. The van der Waals surface area contributed by atoms with Crippen LogP contribution < -0.4 is 10.1 Å². The molecule has 0 bridgehead atoms. The normalized spacial score (nSPS) is 10.0. The average molecular weight is 285 g/mol. The molecule has 0 heterocycles. The van der Waals surface area contributed by atoms with E-state index >= 15 is 0 Å². The maximum atomic E-state index is 12.3. The molecule has 0 aliphatic heterocycles. The van der Waals surface area contributed by atoms with Crippen molar-refractivity contribution in [1.29, 1.82) is 0 Å². The fourth-order valence-electron chi connectivity index (χ4n) is 1.96. The van der Waals surface area contributed by atoms with E-state index in [4.69, 9.17) is 9.84 Å². The van der Waals surface area contributed by atoms with Crippen LogP contribution in [0, 0.1) is 6.92 Å². The van der Waals surface area contributed by atoms with E-state index < -0.39 is 5.97 Å². The summed E-state index contributed by atoms with van der Waals surface area (Å²) in [6.45, 7) is 1.83. The number of methoxy groups -OCH3 is 1. The van der Waals surface area contributed by atoms with Crippen LogP contribution in [0.4, 0.5) is 5.69 Å². The van der Waals surface area contributed by atoms with Crippen LogP contribution in [0.15, 0.2) is 42.5 Å². The number of nitrogens with one attached hydrogen (secondary N) is 1. The predicted octanol–water partition coefficient (Wildman–Crippen LogP) is 2.95. The van der Waals surface area contributed by atoms with Crippen molar-refractivity contribution in [3.63, 3.8) is 0 Å². The summed E-state index contributed by atoms with van der Waals surface area (Å²) in [6, 6.07) is 11.5. The van der Waals surface area contributed by atoms with Gasteiger partial charge in [0, 0.05) is 5.56 Å². The van der Waals surface area contributed by atoms with Crippen LogP contribution in [0.5, 0.6) is 5.75 Å². The van der Waals surface area contributed by atoms with Crippen LogP contribution >= 0.6 is 0 Å². The fourth-order valence-corrected chi connectivity index (χ4v) is 1.96. The van der Waals surface area contributed by atoms with Crippen LogP contribution in [0.3, 0.4) is 0 Å². The molecule has 108 valence electrons. The molecule has 2 aromatic rings. The molecule has 2 N–H and O–H groups in total. The van der Waals surface area contributed by atoms with E-state index in [0.717, 1.165) is 5.56 Å². The first-order chi connectivity index (χ1) is 10.0. The van der Waals surface area contributed by atoms with Crippen LogP contribution in [0.1, 0.15) is 26.3 Å². The number of ether oxygens (including phenoxy) is 1. The minimum Gasteiger partial charge on any atom is -0.495 e. The van der Waals surface area contributed by atoms with Gasteiger partial charge in [0.15, 0.2) is 0 Å². The number of aromatic carboxylic acids is 1. The van der Waals surface area contributed by atoms with Crippen LogP contribution in [0.2, 0.25) is 0 Å². The quantitative estimate of drug-likeness (QED) is 0.905. The molecule has 0 atom stereocenters. The van der Waals surface area contributed by atoms with Crippen LogP contribution in [-0.2, 0) is 0 Å². The number of anilines is 1. The molecule has 0 aliphatic rings. The van der Waals surface area contributed by atoms with E-state index in [9.17, 15) is 9.59 Å². The Hall–Kier alpha value is -2.82. The van der Waals surface area contributed by atoms with Gasteiger partial charge in [0.2, 0.25) is 0 Å². The summed E-state index contributed by atoms with van der Waals surface area (Å²) >= 11 is 0. The van der Waals surface area contributed by atoms with E-state index in [-0.39, 0.29) is 11.5 Å². The summed E-state index contributed by atoms with van der Waals surface area (Å²) in [5.74, 6) is -0.972. The largest absolute Gasteiger partial charge is 0.495 e. The Balaban J connectivity index is 2.34. The van der Waals surface area contributed by atoms with Gasteiger partial charge in [-0.2, -0.15) is 0 Å². The molecule has 0 fully saturated rings. The van der Waals surface area contributed by atoms with Crippen LogP contribution in [-0.4, -0.2) is 24.1 Å². The lowest BCUT2D eigenvalue weighted by Crippen LogP contribution is -2.14. The molecule has 5 heteroatoms. The van der Waals surface area contributed by atoms with Gasteiger partial charge in [0.25, 0.3) is 5.91 Å². The van der Waals surface area contributed by atoms with E-state index in [0.29, 0.717) is 17.0 Å². The SMILES string of the molecule is COc1ccc(C(=O)O)cc1NC(=O)c1ccccc1C. The summed E-state index contributed by atoms with van der Waals surface area (Å²) < 4.78 is 5.14. The highest BCUT2D eigenvalue weighted by molar-refractivity contribution is 6.06. The van der Waals surface area contributed by atoms with Crippen molar-refractivity contribution in [1.82, 2.24) is 0 Å². The molecule has 0 spiro atoms. The number of rotatable bonds is 4. The Morgan fingerprint density at radius 2 is 1.86 bits per heavy atom. The number of carbonyl (C=O) groups is 2. The first-order valence-corrected chi connectivity index (χ1v) is 6.31. The summed E-state index contributed by atoms with van der Waals surface area (Å²) in [6.07, 6.45) is 0. The molecular formula is C16H15NO4. The van der Waals surface area contributed by atoms with Crippen molar-refractivity contribution in [3.05, 3.63) is 59.2 Å². The lowest BCUT2D eigenvalue weighted by atomic mass is 10.1. The van der Waals surface area contributed by atoms with E-state index in [1.807, 2.05) is 19.1 Å². The van der Waals surface area contributed by atoms with Gasteiger partial charge in [-0.3, -0.25) is 4.79 Å². The monoisotopic (exact) mass is 285 g/mol. The third-order valence-corrected chi connectivity index (χ3v) is 3.08. The van der Waals surface area contributed by atoms with E-state index in [1.54, 1.807) is 12.1 Å². The Kier molecular flexibility index (Phi) is 4.23. The molecule has 0 aromatic heterocycles. The van der Waals surface area contributed by atoms with Gasteiger partial charge in [-0.05, 0) is 36.8 Å². The number of hydrogen-bond acceptors (Lipinski definition) is 3. The average Bonchev–Trinajstić information content (AvgIpc) is 2.47. The Morgan fingerprint density at radius 1 is 1.14 bits per heavy atom. The van der Waals surface area contributed by atoms with Crippen molar-refractivity contribution in [3.8, 4) is 5.75 Å². The lowest BCUT2D eigenvalue weighted by Gasteiger charge is -2.12. The highest BCUT2D eigenvalue weighted by Crippen LogP contribution is 2.26. The summed E-state index contributed by atoms with van der Waals surface area (Å²) in [7, 11) is 1.46. The number of aryl methyl sites for hydroxylation is 1. The number of carboxylic acid groups (broad SMARTS) is 1. The number of carbonyl (C=O) groups excluding carboxylic acids is 1. The predicted molar refractivity (Wildman–Crippen MR) is 79.1 cm³/mol. The zero-order valence-electron chi connectivity index (χ0n) is 11.7. The van der Waals surface area contributed by atoms with E-state index in [1.165, 1.54) is 25.3 Å². The Morgan fingerprint density at radius 3 is 2.48 bits per heavy atom. The first kappa shape index (κ1) is 14.6. The van der Waals surface area contributed by atoms with Crippen molar-refractivity contribution >= 4 is 17.6 Å². The topological polar surface area (TPSA) is 75.6 Å². The third kappa shape index (κ3) is 3.20. The van der Waals surface area contributed by atoms with Gasteiger partial charge in [-0.15, -0.1) is 0 Å². The number of amides is 1. The minimum absolute atomic E-state index is 0.0795. The molecule has 5 nitrogen and oxygen atoms in total. The molecule has 2 rings (SSSR count). The molecular weight excluding hydrogens is 270 g/mol. The zero-order chi connectivity index (χ0) is 15.4. The Labute approximate surface area is 122 Å². The van der Waals surface area contributed by atoms with Gasteiger partial charge in [-0.1, -0.05) is 18.2 Å². The lowest BCUT2D eigenvalue weighted by molar-refractivity contribution is 0.0696. The smallest absolute Gasteiger partial charge is 0.335 e. The van der Waals surface area contributed by atoms with Gasteiger partial charge in [0.05, 0.1) is 18.4 Å². The molecule has 0 radical (unpaired) electrons. The maximum Gasteiger partial charge on any atom is 0.335 e. The highest BCUT2D eigenvalue weighted by atomic mass is 16.5. The number of carboxylic acids is 1. The molecule has 2 aromatic carbocycles. The van der Waals surface area contributed by atoms with Crippen LogP contribution in [0.25, 0.3) is 0 Å². The minimum atomic E-state index is -1.07. The molecule has 21 heavy (non-hydrogen) atoms. The molecule has 0 unspecified atom stereocenters. The molecule has 0 saturated heterocycles. The zero-order valence-corrected chi connectivity index (χ0v) is 11.7. The van der Waals surface area contributed by atoms with Crippen molar-refractivity contribution in [2.75, 3.05) is 12.4 Å². The summed E-state index contributed by atoms with van der Waals surface area (Å²) in [5.41, 5.74) is 1.77. The maximum absolute atomic E-state index is 12.3. The summed E-state index contributed by atoms with van der Waals surface area (Å²) in [4.78, 5) is 23.3. The van der Waals surface area contributed by atoms with Gasteiger partial charge < -0.3 is 15.2 Å². The third-order valence-electron chi connectivity index (χ3n) is 3.08. The second-order valence-electron chi connectivity index (χ2n) is 4.49. The fraction of sp³-hybridized carbons (Fsp3) is 0.125. The van der Waals surface area contributed by atoms with Crippen molar-refractivity contribution in [2.45, 2.75) is 6.92 Å². The molecule has 1 amide bonds. The summed E-state index contributed by atoms with van der Waals surface area (Å²) in [5, 5.41) is 11.7. The number of hydrogen-bond donors (Lipinski definition) is 2. The van der Waals surface area contributed by atoms with Gasteiger partial charge in [0.1, 0.15) is 5.75 Å². The second-order valence-corrected chi connectivity index (χ2v) is 4.49. The van der Waals surface area contributed by atoms with Crippen molar-refractivity contribution < 1.29 is 19.4 Å². The number of benzene rings is 2. The van der Waals surface area contributed by atoms with Gasteiger partial charge in [-0.25, -0.2) is 4.79 Å². The second kappa shape index (κ2) is 6.09. The Bertz CT molecular complexity index is 694. The van der Waals surface area contributed by atoms with Crippen molar-refractivity contribution in [2.24, 2.45) is 0 Å². The molecule has 0 saturated carbocycles. The van der Waals surface area contributed by atoms with Gasteiger partial charge >= 0.3 is 5.97 Å². The standard InChI is InChI=1S/C16H15NO4/c1-10-5-3-4-6-12(10)15(18)17-13-9-11(16(19)20)7-8-14(13)21-2/h3-9H,1-2H3,(H,17,18)(H,19,20). The highest BCUT2D eigenvalue weighted by Gasteiger charge is 2.14. The van der Waals surface area contributed by atoms with E-state index in [2.05, 4.69) is 5.32 Å².